The van der Waals surface area contributed by atoms with Crippen molar-refractivity contribution in [3.63, 3.8) is 0 Å². The van der Waals surface area contributed by atoms with Crippen LogP contribution in [0.25, 0.3) is 0 Å². The molecule has 23 heavy (non-hydrogen) atoms. The van der Waals surface area contributed by atoms with Gasteiger partial charge in [0.15, 0.2) is 5.82 Å². The summed E-state index contributed by atoms with van der Waals surface area (Å²) in [5, 5.41) is 4.10. The Balaban J connectivity index is 1.54. The summed E-state index contributed by atoms with van der Waals surface area (Å²) in [4.78, 5) is 6.32. The van der Waals surface area contributed by atoms with Gasteiger partial charge < -0.3 is 9.26 Å². The van der Waals surface area contributed by atoms with Crippen LogP contribution in [0, 0.1) is 12.7 Å². The number of piperidine rings is 1. The summed E-state index contributed by atoms with van der Waals surface area (Å²) in [6, 6.07) is 2.94. The second-order valence-electron chi connectivity index (χ2n) is 5.90. The van der Waals surface area contributed by atoms with E-state index in [1.807, 2.05) is 6.92 Å². The van der Waals surface area contributed by atoms with Gasteiger partial charge in [0.2, 0.25) is 0 Å². The number of nitrogens with zero attached hydrogens (tertiary/aromatic N) is 3. The van der Waals surface area contributed by atoms with E-state index in [1.165, 1.54) is 11.6 Å². The van der Waals surface area contributed by atoms with Gasteiger partial charge in [-0.15, -0.1) is 0 Å². The van der Waals surface area contributed by atoms with Gasteiger partial charge in [0, 0.05) is 31.4 Å². The summed E-state index contributed by atoms with van der Waals surface area (Å²) in [6.45, 7) is 6.71. The topological polar surface area (TPSA) is 51.4 Å². The maximum Gasteiger partial charge on any atom is 0.250 e. The number of hydrogen-bond acceptors (Lipinski definition) is 5. The number of hydrogen-bond donors (Lipinski definition) is 0. The van der Waals surface area contributed by atoms with E-state index in [9.17, 15) is 4.39 Å². The Morgan fingerprint density at radius 3 is 2.87 bits per heavy atom. The zero-order valence-electron chi connectivity index (χ0n) is 13.6. The molecule has 124 valence electrons. The summed E-state index contributed by atoms with van der Waals surface area (Å²) in [6.07, 6.45) is 4.17. The number of aromatic nitrogens is 2. The Morgan fingerprint density at radius 2 is 2.17 bits per heavy atom. The van der Waals surface area contributed by atoms with Crippen LogP contribution in [0.3, 0.4) is 0 Å². The van der Waals surface area contributed by atoms with Crippen LogP contribution < -0.4 is 4.74 Å². The monoisotopic (exact) mass is 319 g/mol. The lowest BCUT2D eigenvalue weighted by Gasteiger charge is -2.31. The lowest BCUT2D eigenvalue weighted by molar-refractivity contribution is 0.0893. The first-order valence-electron chi connectivity index (χ1n) is 8.11. The summed E-state index contributed by atoms with van der Waals surface area (Å²) >= 11 is 0. The predicted octanol–water partition coefficient (Wildman–Crippen LogP) is 3.12. The van der Waals surface area contributed by atoms with Gasteiger partial charge in [-0.3, -0.25) is 4.90 Å². The van der Waals surface area contributed by atoms with Crippen LogP contribution in [0.4, 0.5) is 4.39 Å². The molecular weight excluding hydrogens is 297 g/mol. The highest BCUT2D eigenvalue weighted by molar-refractivity contribution is 5.22. The molecule has 6 heteroatoms. The molecule has 1 fully saturated rings. The van der Waals surface area contributed by atoms with Crippen LogP contribution in [0.1, 0.15) is 36.8 Å². The highest BCUT2D eigenvalue weighted by atomic mass is 19.1. The smallest absolute Gasteiger partial charge is 0.250 e. The second-order valence-corrected chi connectivity index (χ2v) is 5.90. The van der Waals surface area contributed by atoms with Gasteiger partial charge in [-0.2, -0.15) is 0 Å². The van der Waals surface area contributed by atoms with Gasteiger partial charge >= 0.3 is 0 Å². The van der Waals surface area contributed by atoms with Crippen LogP contribution in [-0.2, 0) is 13.0 Å². The average Bonchev–Trinajstić information content (AvgIpc) is 2.92. The van der Waals surface area contributed by atoms with Gasteiger partial charge in [0.1, 0.15) is 11.9 Å². The van der Waals surface area contributed by atoms with E-state index < -0.39 is 5.82 Å². The van der Waals surface area contributed by atoms with E-state index >= 15 is 0 Å². The lowest BCUT2D eigenvalue weighted by atomic mass is 10.1. The number of ether oxygens (including phenoxy) is 1. The molecule has 0 radical (unpaired) electrons. The maximum absolute atomic E-state index is 13.6. The molecule has 3 heterocycles. The first kappa shape index (κ1) is 15.9. The van der Waals surface area contributed by atoms with Crippen molar-refractivity contribution in [3.8, 4) is 5.88 Å². The largest absolute Gasteiger partial charge is 0.472 e. The zero-order valence-corrected chi connectivity index (χ0v) is 13.6. The highest BCUT2D eigenvalue weighted by Crippen LogP contribution is 2.22. The van der Waals surface area contributed by atoms with E-state index in [2.05, 4.69) is 22.0 Å². The first-order chi connectivity index (χ1) is 11.2. The predicted molar refractivity (Wildman–Crippen MR) is 83.7 cm³/mol. The van der Waals surface area contributed by atoms with Gasteiger partial charge in [-0.25, -0.2) is 9.37 Å². The Kier molecular flexibility index (Phi) is 4.91. The summed E-state index contributed by atoms with van der Waals surface area (Å²) < 4.78 is 24.6. The number of rotatable bonds is 5. The molecule has 5 nitrogen and oxygen atoms in total. The Bertz CT molecular complexity index is 651. The number of pyridine rings is 1. The van der Waals surface area contributed by atoms with Crippen molar-refractivity contribution in [2.24, 2.45) is 0 Å². The third-order valence-corrected chi connectivity index (χ3v) is 4.32. The molecule has 0 bridgehead atoms. The van der Waals surface area contributed by atoms with E-state index in [0.717, 1.165) is 50.4 Å². The van der Waals surface area contributed by atoms with E-state index in [1.54, 1.807) is 12.3 Å². The molecule has 0 aromatic carbocycles. The summed E-state index contributed by atoms with van der Waals surface area (Å²) in [5.74, 6) is 0.604. The normalized spacial score (nSPS) is 16.7. The lowest BCUT2D eigenvalue weighted by Crippen LogP contribution is -2.38. The Hall–Kier alpha value is -1.95. The number of likely N-dealkylation sites (tertiary alicyclic amines) is 1. The number of halogens is 1. The number of aryl methyl sites for hydroxylation is 2. The summed E-state index contributed by atoms with van der Waals surface area (Å²) in [5.41, 5.74) is 2.24. The molecule has 1 aliphatic heterocycles. The third kappa shape index (κ3) is 3.69. The molecule has 1 saturated heterocycles. The Morgan fingerprint density at radius 1 is 1.39 bits per heavy atom. The highest BCUT2D eigenvalue weighted by Gasteiger charge is 2.24. The van der Waals surface area contributed by atoms with E-state index in [-0.39, 0.29) is 12.0 Å². The third-order valence-electron chi connectivity index (χ3n) is 4.32. The molecule has 2 aromatic heterocycles. The molecule has 0 saturated carbocycles. The quantitative estimate of drug-likeness (QED) is 0.847. The van der Waals surface area contributed by atoms with Crippen molar-refractivity contribution in [2.45, 2.75) is 45.8 Å². The minimum absolute atomic E-state index is 0.0184. The fraction of sp³-hybridized carbons (Fsp3) is 0.529. The minimum Gasteiger partial charge on any atom is -0.472 e. The van der Waals surface area contributed by atoms with E-state index in [0.29, 0.717) is 0 Å². The van der Waals surface area contributed by atoms with E-state index in [4.69, 9.17) is 9.26 Å². The summed E-state index contributed by atoms with van der Waals surface area (Å²) in [7, 11) is 0. The van der Waals surface area contributed by atoms with Crippen molar-refractivity contribution in [2.75, 3.05) is 13.1 Å². The first-order valence-corrected chi connectivity index (χ1v) is 8.11. The van der Waals surface area contributed by atoms with Crippen molar-refractivity contribution in [1.29, 1.82) is 0 Å². The standard InChI is InChI=1S/C17H22FN3O2/c1-3-16-14(12(2)23-20-16)11-21-9-6-13(7-10-21)22-17-15(18)5-4-8-19-17/h4-5,8,13H,3,6-7,9-11H2,1-2H3. The second kappa shape index (κ2) is 7.08. The fourth-order valence-corrected chi connectivity index (χ4v) is 2.94. The molecule has 0 atom stereocenters. The molecule has 0 aliphatic carbocycles. The average molecular weight is 319 g/mol. The molecule has 1 aliphatic rings. The zero-order chi connectivity index (χ0) is 16.2. The Labute approximate surface area is 135 Å². The van der Waals surface area contributed by atoms with Crippen LogP contribution in [0.5, 0.6) is 5.88 Å². The van der Waals surface area contributed by atoms with Crippen molar-refractivity contribution in [1.82, 2.24) is 15.0 Å². The van der Waals surface area contributed by atoms with Crippen molar-refractivity contribution in [3.05, 3.63) is 41.2 Å². The van der Waals surface area contributed by atoms with Crippen LogP contribution >= 0.6 is 0 Å². The van der Waals surface area contributed by atoms with Crippen LogP contribution in [0.15, 0.2) is 22.9 Å². The van der Waals surface area contributed by atoms with Gasteiger partial charge in [0.05, 0.1) is 5.69 Å². The molecule has 0 unspecified atom stereocenters. The molecule has 0 N–H and O–H groups in total. The minimum atomic E-state index is -0.400. The molecule has 3 rings (SSSR count). The molecule has 2 aromatic rings. The van der Waals surface area contributed by atoms with Gasteiger partial charge in [-0.1, -0.05) is 12.1 Å². The van der Waals surface area contributed by atoms with Gasteiger partial charge in [-0.05, 0) is 38.3 Å². The molecular formula is C17H22FN3O2. The SMILES string of the molecule is CCc1noc(C)c1CN1CCC(Oc2ncccc2F)CC1. The molecule has 0 spiro atoms. The van der Waals surface area contributed by atoms with Crippen LogP contribution in [0.2, 0.25) is 0 Å². The maximum atomic E-state index is 13.6. The van der Waals surface area contributed by atoms with Gasteiger partial charge in [0.25, 0.3) is 5.88 Å². The molecule has 0 amide bonds. The van der Waals surface area contributed by atoms with Crippen LogP contribution in [-0.4, -0.2) is 34.2 Å². The van der Waals surface area contributed by atoms with Crippen molar-refractivity contribution >= 4 is 0 Å². The fourth-order valence-electron chi connectivity index (χ4n) is 2.94. The van der Waals surface area contributed by atoms with Crippen molar-refractivity contribution < 1.29 is 13.7 Å².